The van der Waals surface area contributed by atoms with Gasteiger partial charge in [0.15, 0.2) is 11.9 Å². The number of ether oxygens (including phenoxy) is 2. The molecule has 0 aliphatic heterocycles. The lowest BCUT2D eigenvalue weighted by Gasteiger charge is -2.25. The molecular formula is C15H31N3O8. The van der Waals surface area contributed by atoms with E-state index in [0.717, 1.165) is 0 Å². The number of aliphatic hydroxyl groups is 4. The van der Waals surface area contributed by atoms with E-state index in [1.807, 2.05) is 0 Å². The second kappa shape index (κ2) is 14.9. The first-order chi connectivity index (χ1) is 12.4. The lowest BCUT2D eigenvalue weighted by atomic mass is 9.97. The van der Waals surface area contributed by atoms with Crippen molar-refractivity contribution in [1.82, 2.24) is 5.32 Å². The van der Waals surface area contributed by atoms with E-state index in [-0.39, 0.29) is 26.2 Å². The minimum atomic E-state index is -2.03. The Hall–Kier alpha value is -1.18. The second-order valence-electron chi connectivity index (χ2n) is 5.53. The summed E-state index contributed by atoms with van der Waals surface area (Å²) in [5.41, 5.74) is 10.5. The molecule has 0 aliphatic rings. The Kier molecular flexibility index (Phi) is 14.3. The number of nitrogens with two attached hydrogens (primary N) is 2. The van der Waals surface area contributed by atoms with E-state index in [0.29, 0.717) is 32.7 Å². The van der Waals surface area contributed by atoms with E-state index in [2.05, 4.69) is 5.32 Å². The SMILES string of the molecule is NCCOCCCC(=O)[C@H](O)[C@@H](O)[C@@H](O)[C@H](O)C(=O)NCCOCCN. The topological polar surface area (TPSA) is 198 Å². The molecule has 4 atom stereocenters. The van der Waals surface area contributed by atoms with Gasteiger partial charge in [-0.15, -0.1) is 0 Å². The largest absolute Gasteiger partial charge is 0.387 e. The monoisotopic (exact) mass is 381 g/mol. The van der Waals surface area contributed by atoms with Gasteiger partial charge in [0.25, 0.3) is 5.91 Å². The Morgan fingerprint density at radius 2 is 1.38 bits per heavy atom. The van der Waals surface area contributed by atoms with Gasteiger partial charge in [0.05, 0.1) is 19.8 Å². The average molecular weight is 381 g/mol. The molecule has 0 aromatic rings. The predicted molar refractivity (Wildman–Crippen MR) is 91.0 cm³/mol. The molecule has 0 saturated heterocycles. The molecule has 0 heterocycles. The number of hydrogen-bond acceptors (Lipinski definition) is 10. The quantitative estimate of drug-likeness (QED) is 0.129. The lowest BCUT2D eigenvalue weighted by Crippen LogP contribution is -2.52. The Morgan fingerprint density at radius 1 is 0.846 bits per heavy atom. The van der Waals surface area contributed by atoms with Crippen LogP contribution in [0.25, 0.3) is 0 Å². The fourth-order valence-electron chi connectivity index (χ4n) is 1.94. The summed E-state index contributed by atoms with van der Waals surface area (Å²) >= 11 is 0. The van der Waals surface area contributed by atoms with E-state index in [4.69, 9.17) is 20.9 Å². The van der Waals surface area contributed by atoms with Crippen molar-refractivity contribution in [3.05, 3.63) is 0 Å². The lowest BCUT2D eigenvalue weighted by molar-refractivity contribution is -0.154. The summed E-state index contributed by atoms with van der Waals surface area (Å²) < 4.78 is 10.1. The molecule has 0 rings (SSSR count). The third kappa shape index (κ3) is 10.1. The summed E-state index contributed by atoms with van der Waals surface area (Å²) in [7, 11) is 0. The minimum absolute atomic E-state index is 0.0585. The molecule has 0 radical (unpaired) electrons. The van der Waals surface area contributed by atoms with Crippen LogP contribution in [-0.4, -0.2) is 103 Å². The summed E-state index contributed by atoms with van der Waals surface area (Å²) in [4.78, 5) is 23.5. The van der Waals surface area contributed by atoms with Gasteiger partial charge in [-0.1, -0.05) is 0 Å². The van der Waals surface area contributed by atoms with Gasteiger partial charge in [-0.3, -0.25) is 9.59 Å². The maximum Gasteiger partial charge on any atom is 0.251 e. The van der Waals surface area contributed by atoms with E-state index < -0.39 is 36.1 Å². The van der Waals surface area contributed by atoms with E-state index in [1.165, 1.54) is 0 Å². The van der Waals surface area contributed by atoms with Crippen LogP contribution in [-0.2, 0) is 19.1 Å². The third-order valence-electron chi connectivity index (χ3n) is 3.38. The van der Waals surface area contributed by atoms with Crippen LogP contribution >= 0.6 is 0 Å². The van der Waals surface area contributed by atoms with Crippen molar-refractivity contribution in [3.63, 3.8) is 0 Å². The van der Waals surface area contributed by atoms with Gasteiger partial charge in [-0.2, -0.15) is 0 Å². The molecule has 0 aromatic carbocycles. The smallest absolute Gasteiger partial charge is 0.251 e. The fourth-order valence-corrected chi connectivity index (χ4v) is 1.94. The zero-order valence-corrected chi connectivity index (χ0v) is 14.7. The normalized spacial score (nSPS) is 15.9. The van der Waals surface area contributed by atoms with Crippen molar-refractivity contribution in [1.29, 1.82) is 0 Å². The first kappa shape index (κ1) is 24.8. The molecule has 0 fully saturated rings. The Labute approximate surface area is 152 Å². The molecule has 0 unspecified atom stereocenters. The van der Waals surface area contributed by atoms with Gasteiger partial charge in [-0.05, 0) is 6.42 Å². The molecule has 0 spiro atoms. The molecule has 26 heavy (non-hydrogen) atoms. The predicted octanol–water partition coefficient (Wildman–Crippen LogP) is -4.15. The van der Waals surface area contributed by atoms with Crippen LogP contribution in [0.3, 0.4) is 0 Å². The van der Waals surface area contributed by atoms with Gasteiger partial charge in [0.2, 0.25) is 0 Å². The van der Waals surface area contributed by atoms with Crippen molar-refractivity contribution in [2.45, 2.75) is 37.3 Å². The molecule has 0 saturated carbocycles. The molecule has 0 bridgehead atoms. The van der Waals surface area contributed by atoms with E-state index >= 15 is 0 Å². The molecule has 9 N–H and O–H groups in total. The molecule has 0 aromatic heterocycles. The highest BCUT2D eigenvalue weighted by Gasteiger charge is 2.36. The first-order valence-corrected chi connectivity index (χ1v) is 8.45. The summed E-state index contributed by atoms with van der Waals surface area (Å²) in [5, 5.41) is 41.4. The van der Waals surface area contributed by atoms with Gasteiger partial charge < -0.3 is 46.7 Å². The van der Waals surface area contributed by atoms with Crippen molar-refractivity contribution in [2.24, 2.45) is 11.5 Å². The number of ketones is 1. The highest BCUT2D eigenvalue weighted by Crippen LogP contribution is 2.09. The van der Waals surface area contributed by atoms with Crippen LogP contribution in [0.1, 0.15) is 12.8 Å². The summed E-state index contributed by atoms with van der Waals surface area (Å²) in [6.07, 6.45) is -7.81. The standard InChI is InChI=1S/C15H31N3O8/c16-3-7-25-6-1-2-10(19)11(20)12(21)13(22)14(23)15(24)18-5-9-26-8-4-17/h11-14,20-23H,1-9,16-17H2,(H,18,24)/t11-,12+,13+,14-/m0/s1. The number of nitrogens with one attached hydrogen (secondary N) is 1. The first-order valence-electron chi connectivity index (χ1n) is 8.45. The van der Waals surface area contributed by atoms with Gasteiger partial charge >= 0.3 is 0 Å². The number of hydrogen-bond donors (Lipinski definition) is 7. The number of Topliss-reactive ketones (excluding diaryl/α,β-unsaturated/α-hetero) is 1. The van der Waals surface area contributed by atoms with Gasteiger partial charge in [0.1, 0.15) is 18.3 Å². The van der Waals surface area contributed by atoms with Crippen LogP contribution in [0.2, 0.25) is 0 Å². The Balaban J connectivity index is 4.24. The number of carbonyl (C=O) groups excluding carboxylic acids is 2. The minimum Gasteiger partial charge on any atom is -0.387 e. The van der Waals surface area contributed by atoms with E-state index in [9.17, 15) is 30.0 Å². The zero-order chi connectivity index (χ0) is 19.9. The maximum atomic E-state index is 11.8. The van der Waals surface area contributed by atoms with Gasteiger partial charge in [-0.25, -0.2) is 0 Å². The molecule has 11 nitrogen and oxygen atoms in total. The van der Waals surface area contributed by atoms with Crippen LogP contribution in [0, 0.1) is 0 Å². The van der Waals surface area contributed by atoms with Crippen molar-refractivity contribution < 1.29 is 39.5 Å². The molecule has 154 valence electrons. The van der Waals surface area contributed by atoms with Crippen LogP contribution < -0.4 is 16.8 Å². The zero-order valence-electron chi connectivity index (χ0n) is 14.7. The highest BCUT2D eigenvalue weighted by molar-refractivity contribution is 5.84. The second-order valence-corrected chi connectivity index (χ2v) is 5.53. The van der Waals surface area contributed by atoms with Crippen molar-refractivity contribution in [2.75, 3.05) is 46.1 Å². The van der Waals surface area contributed by atoms with Crippen LogP contribution in [0.15, 0.2) is 0 Å². The Bertz CT molecular complexity index is 363. The van der Waals surface area contributed by atoms with Gasteiger partial charge in [0, 0.05) is 32.7 Å². The van der Waals surface area contributed by atoms with Crippen molar-refractivity contribution in [3.8, 4) is 0 Å². The Morgan fingerprint density at radius 3 is 1.96 bits per heavy atom. The maximum absolute atomic E-state index is 11.8. The molecule has 11 heteroatoms. The molecular weight excluding hydrogens is 350 g/mol. The summed E-state index contributed by atoms with van der Waals surface area (Å²) in [6, 6.07) is 0. The number of amides is 1. The summed E-state index contributed by atoms with van der Waals surface area (Å²) in [6.45, 7) is 1.80. The van der Waals surface area contributed by atoms with E-state index in [1.54, 1.807) is 0 Å². The number of aliphatic hydroxyl groups excluding tert-OH is 4. The summed E-state index contributed by atoms with van der Waals surface area (Å²) in [5.74, 6) is -1.71. The van der Waals surface area contributed by atoms with Crippen LogP contribution in [0.5, 0.6) is 0 Å². The van der Waals surface area contributed by atoms with Crippen molar-refractivity contribution >= 4 is 11.7 Å². The van der Waals surface area contributed by atoms with Crippen LogP contribution in [0.4, 0.5) is 0 Å². The number of rotatable bonds is 16. The molecule has 1 amide bonds. The fraction of sp³-hybridized carbons (Fsp3) is 0.867. The third-order valence-corrected chi connectivity index (χ3v) is 3.38. The average Bonchev–Trinajstić information content (AvgIpc) is 2.64. The molecule has 0 aliphatic carbocycles. The highest BCUT2D eigenvalue weighted by atomic mass is 16.5. The number of carbonyl (C=O) groups is 2.